The van der Waals surface area contributed by atoms with Gasteiger partial charge in [-0.3, -0.25) is 9.69 Å². The summed E-state index contributed by atoms with van der Waals surface area (Å²) in [6.45, 7) is 0. The number of likely N-dealkylation sites (tertiary alicyclic amines) is 1. The molecular formula is C17H20FNO2. The van der Waals surface area contributed by atoms with Crippen molar-refractivity contribution in [2.45, 2.75) is 37.3 Å². The highest BCUT2D eigenvalue weighted by molar-refractivity contribution is 5.76. The van der Waals surface area contributed by atoms with E-state index in [9.17, 15) is 9.18 Å². The van der Waals surface area contributed by atoms with Crippen molar-refractivity contribution in [2.75, 3.05) is 14.2 Å². The average Bonchev–Trinajstić information content (AvgIpc) is 2.82. The fourth-order valence-electron chi connectivity index (χ4n) is 5.31. The van der Waals surface area contributed by atoms with Gasteiger partial charge in [0.15, 0.2) is 0 Å². The number of methoxy groups -OCH3 is 1. The molecule has 4 rings (SSSR count). The predicted molar refractivity (Wildman–Crippen MR) is 76.3 cm³/mol. The van der Waals surface area contributed by atoms with E-state index in [4.69, 9.17) is 4.74 Å². The maximum Gasteiger partial charge on any atom is 0.310 e. The lowest BCUT2D eigenvalue weighted by Gasteiger charge is -2.68. The topological polar surface area (TPSA) is 29.5 Å². The van der Waals surface area contributed by atoms with E-state index < -0.39 is 0 Å². The van der Waals surface area contributed by atoms with E-state index in [1.54, 1.807) is 0 Å². The van der Waals surface area contributed by atoms with Gasteiger partial charge in [-0.1, -0.05) is 12.1 Å². The number of benzene rings is 1. The van der Waals surface area contributed by atoms with E-state index in [2.05, 4.69) is 11.9 Å². The van der Waals surface area contributed by atoms with Gasteiger partial charge < -0.3 is 4.74 Å². The largest absolute Gasteiger partial charge is 0.469 e. The van der Waals surface area contributed by atoms with Crippen molar-refractivity contribution in [2.24, 2.45) is 11.3 Å². The van der Waals surface area contributed by atoms with Crippen molar-refractivity contribution in [1.82, 2.24) is 4.90 Å². The molecule has 1 aliphatic heterocycles. The third kappa shape index (κ3) is 1.54. The first-order valence-corrected chi connectivity index (χ1v) is 7.64. The Balaban J connectivity index is 1.72. The van der Waals surface area contributed by atoms with Gasteiger partial charge >= 0.3 is 5.97 Å². The molecule has 1 heterocycles. The van der Waals surface area contributed by atoms with Crippen LogP contribution in [0.3, 0.4) is 0 Å². The van der Waals surface area contributed by atoms with Crippen molar-refractivity contribution >= 4 is 5.97 Å². The molecule has 1 aromatic rings. The van der Waals surface area contributed by atoms with Gasteiger partial charge in [-0.05, 0) is 49.9 Å². The van der Waals surface area contributed by atoms with Crippen LogP contribution in [-0.4, -0.2) is 37.1 Å². The molecule has 0 bridgehead atoms. The van der Waals surface area contributed by atoms with Crippen LogP contribution >= 0.6 is 0 Å². The number of ether oxygens (including phenoxy) is 1. The van der Waals surface area contributed by atoms with Gasteiger partial charge in [-0.2, -0.15) is 0 Å². The molecule has 4 heteroatoms. The minimum absolute atomic E-state index is 0.122. The monoisotopic (exact) mass is 289 g/mol. The van der Waals surface area contributed by atoms with E-state index in [-0.39, 0.29) is 23.6 Å². The third-order valence-corrected chi connectivity index (χ3v) is 6.21. The third-order valence-electron chi connectivity index (χ3n) is 6.21. The van der Waals surface area contributed by atoms with Crippen LogP contribution in [0.1, 0.15) is 30.7 Å². The maximum atomic E-state index is 13.2. The molecule has 21 heavy (non-hydrogen) atoms. The summed E-state index contributed by atoms with van der Waals surface area (Å²) >= 11 is 0. The minimum atomic E-state index is -0.230. The van der Waals surface area contributed by atoms with Crippen LogP contribution in [0.25, 0.3) is 0 Å². The van der Waals surface area contributed by atoms with E-state index in [1.807, 2.05) is 12.1 Å². The zero-order valence-electron chi connectivity index (χ0n) is 12.4. The Labute approximate surface area is 124 Å². The number of piperidine rings is 1. The highest BCUT2D eigenvalue weighted by Gasteiger charge is 2.72. The summed E-state index contributed by atoms with van der Waals surface area (Å²) in [6.07, 6.45) is 3.47. The number of hydrogen-bond acceptors (Lipinski definition) is 3. The summed E-state index contributed by atoms with van der Waals surface area (Å²) in [6, 6.07) is 7.54. The number of hydrogen-bond donors (Lipinski definition) is 0. The zero-order chi connectivity index (χ0) is 14.8. The highest BCUT2D eigenvalue weighted by Crippen LogP contribution is 2.69. The molecule has 0 N–H and O–H groups in total. The first-order chi connectivity index (χ1) is 10.1. The first-order valence-electron chi connectivity index (χ1n) is 7.64. The lowest BCUT2D eigenvalue weighted by Crippen LogP contribution is -2.75. The molecule has 5 atom stereocenters. The van der Waals surface area contributed by atoms with E-state index in [1.165, 1.54) is 32.1 Å². The van der Waals surface area contributed by atoms with Gasteiger partial charge in [0.25, 0.3) is 0 Å². The molecular weight excluding hydrogens is 269 g/mol. The number of nitrogens with zero attached hydrogens (tertiary/aromatic N) is 1. The molecule has 2 saturated carbocycles. The van der Waals surface area contributed by atoms with Gasteiger partial charge in [0, 0.05) is 17.5 Å². The molecule has 3 fully saturated rings. The van der Waals surface area contributed by atoms with Crippen LogP contribution in [0, 0.1) is 17.2 Å². The van der Waals surface area contributed by atoms with Crippen LogP contribution in [0.5, 0.6) is 0 Å². The van der Waals surface area contributed by atoms with E-state index in [0.717, 1.165) is 12.0 Å². The fourth-order valence-corrected chi connectivity index (χ4v) is 5.31. The van der Waals surface area contributed by atoms with Crippen LogP contribution in [0.15, 0.2) is 24.3 Å². The highest BCUT2D eigenvalue weighted by atomic mass is 19.1. The van der Waals surface area contributed by atoms with Crippen LogP contribution in [0.4, 0.5) is 4.39 Å². The number of esters is 1. The molecule has 5 unspecified atom stereocenters. The Hall–Kier alpha value is -1.42. The lowest BCUT2D eigenvalue weighted by molar-refractivity contribution is -0.193. The van der Waals surface area contributed by atoms with E-state index >= 15 is 0 Å². The quantitative estimate of drug-likeness (QED) is 0.784. The Morgan fingerprint density at radius 1 is 1.38 bits per heavy atom. The fraction of sp³-hybridized carbons (Fsp3) is 0.588. The van der Waals surface area contributed by atoms with Crippen molar-refractivity contribution < 1.29 is 13.9 Å². The normalized spacial score (nSPS) is 40.7. The van der Waals surface area contributed by atoms with Gasteiger partial charge in [0.1, 0.15) is 5.82 Å². The average molecular weight is 289 g/mol. The summed E-state index contributed by atoms with van der Waals surface area (Å²) in [5.74, 6) is -0.327. The molecule has 0 radical (unpaired) electrons. The molecule has 0 aromatic heterocycles. The smallest absolute Gasteiger partial charge is 0.310 e. The molecule has 112 valence electrons. The van der Waals surface area contributed by atoms with E-state index in [0.29, 0.717) is 17.5 Å². The van der Waals surface area contributed by atoms with Gasteiger partial charge in [-0.25, -0.2) is 4.39 Å². The number of rotatable bonds is 2. The molecule has 1 spiro atoms. The second-order valence-electron chi connectivity index (χ2n) is 6.81. The standard InChI is InChI=1S/C17H20FNO2/c1-19-13-7-8-17(13)9-12(10-3-5-11(18)6-4-10)14(15(17)19)16(20)21-2/h3-6,12-15H,7-9H2,1-2H3. The Bertz CT molecular complexity index is 587. The summed E-state index contributed by atoms with van der Waals surface area (Å²) in [5.41, 5.74) is 1.36. The molecule has 1 saturated heterocycles. The first kappa shape index (κ1) is 13.3. The summed E-state index contributed by atoms with van der Waals surface area (Å²) in [4.78, 5) is 14.7. The Morgan fingerprint density at radius 3 is 2.67 bits per heavy atom. The van der Waals surface area contributed by atoms with Crippen molar-refractivity contribution in [3.63, 3.8) is 0 Å². The number of carbonyl (C=O) groups is 1. The molecule has 1 aromatic carbocycles. The predicted octanol–water partition coefficient (Wildman–Crippen LogP) is 2.57. The van der Waals surface area contributed by atoms with Crippen LogP contribution < -0.4 is 0 Å². The lowest BCUT2D eigenvalue weighted by atomic mass is 9.53. The zero-order valence-corrected chi connectivity index (χ0v) is 12.4. The Kier molecular flexibility index (Phi) is 2.71. The molecule has 2 aliphatic carbocycles. The second-order valence-corrected chi connectivity index (χ2v) is 6.81. The minimum Gasteiger partial charge on any atom is -0.469 e. The summed E-state index contributed by atoms with van der Waals surface area (Å²) < 4.78 is 18.2. The Morgan fingerprint density at radius 2 is 2.10 bits per heavy atom. The molecule has 0 amide bonds. The number of halogens is 1. The van der Waals surface area contributed by atoms with Crippen molar-refractivity contribution in [3.8, 4) is 0 Å². The molecule has 3 nitrogen and oxygen atoms in total. The van der Waals surface area contributed by atoms with Crippen LogP contribution in [0.2, 0.25) is 0 Å². The van der Waals surface area contributed by atoms with Gasteiger partial charge in [0.05, 0.1) is 13.0 Å². The summed E-state index contributed by atoms with van der Waals surface area (Å²) in [5, 5.41) is 0. The van der Waals surface area contributed by atoms with Crippen LogP contribution in [-0.2, 0) is 9.53 Å². The van der Waals surface area contributed by atoms with Crippen molar-refractivity contribution in [1.29, 1.82) is 0 Å². The summed E-state index contributed by atoms with van der Waals surface area (Å²) in [7, 11) is 3.59. The van der Waals surface area contributed by atoms with Gasteiger partial charge in [-0.15, -0.1) is 0 Å². The number of carbonyl (C=O) groups excluding carboxylic acids is 1. The molecule has 3 aliphatic rings. The maximum absolute atomic E-state index is 13.2. The SMILES string of the molecule is COC(=O)C1C(c2ccc(F)cc2)CC23CCC2N(C)C13. The van der Waals surface area contributed by atoms with Crippen molar-refractivity contribution in [3.05, 3.63) is 35.6 Å². The van der Waals surface area contributed by atoms with Gasteiger partial charge in [0.2, 0.25) is 0 Å². The second kappa shape index (κ2) is 4.29.